The Balaban J connectivity index is 2.10. The second-order valence-corrected chi connectivity index (χ2v) is 6.10. The highest BCUT2D eigenvalue weighted by Gasteiger charge is 2.17. The number of carboxylic acid groups (broad SMARTS) is 1. The van der Waals surface area contributed by atoms with Crippen LogP contribution in [0.25, 0.3) is 0 Å². The zero-order valence-corrected chi connectivity index (χ0v) is 11.2. The molecule has 102 valence electrons. The molecule has 0 atom stereocenters. The molecule has 0 radical (unpaired) electrons. The molecule has 0 saturated heterocycles. The summed E-state index contributed by atoms with van der Waals surface area (Å²) in [5, 5.41) is 14.2. The molecule has 0 bridgehead atoms. The van der Waals surface area contributed by atoms with E-state index in [4.69, 9.17) is 5.11 Å². The maximum atomic E-state index is 11.9. The quantitative estimate of drug-likeness (QED) is 0.808. The molecule has 8 nitrogen and oxygen atoms in total. The van der Waals surface area contributed by atoms with Crippen LogP contribution in [0.5, 0.6) is 0 Å². The number of aromatic nitrogens is 3. The molecule has 0 fully saturated rings. The van der Waals surface area contributed by atoms with Gasteiger partial charge in [-0.1, -0.05) is 0 Å². The standard InChI is InChI=1S/C9H10N4O4S2/c14-8(15)1-3-13-6-7(5-11-13)19(16,17)12-9-10-2-4-18-9/h2,4-6H,1,3H2,(H,10,12)(H,14,15). The number of nitrogens with one attached hydrogen (secondary N) is 1. The average molecular weight is 302 g/mol. The number of hydrogen-bond donors (Lipinski definition) is 2. The third-order valence-corrected chi connectivity index (χ3v) is 4.24. The summed E-state index contributed by atoms with van der Waals surface area (Å²) in [5.41, 5.74) is 0. The SMILES string of the molecule is O=C(O)CCn1cc(S(=O)(=O)Nc2nccs2)cn1. The topological polar surface area (TPSA) is 114 Å². The largest absolute Gasteiger partial charge is 0.481 e. The van der Waals surface area contributed by atoms with Gasteiger partial charge in [0.1, 0.15) is 4.90 Å². The third-order valence-electron chi connectivity index (χ3n) is 2.13. The molecule has 0 unspecified atom stereocenters. The molecule has 2 heterocycles. The molecule has 10 heteroatoms. The second kappa shape index (κ2) is 5.36. The number of hydrogen-bond acceptors (Lipinski definition) is 6. The van der Waals surface area contributed by atoms with E-state index < -0.39 is 16.0 Å². The molecule has 2 rings (SSSR count). The summed E-state index contributed by atoms with van der Waals surface area (Å²) < 4.78 is 27.4. The summed E-state index contributed by atoms with van der Waals surface area (Å²) in [7, 11) is -3.73. The predicted molar refractivity (Wildman–Crippen MR) is 67.4 cm³/mol. The molecule has 2 aromatic rings. The number of sulfonamides is 1. The van der Waals surface area contributed by atoms with Crippen LogP contribution in [0.1, 0.15) is 6.42 Å². The Kier molecular flexibility index (Phi) is 3.81. The van der Waals surface area contributed by atoms with Crippen LogP contribution in [0.2, 0.25) is 0 Å². The Labute approximate surface area is 112 Å². The molecule has 0 aromatic carbocycles. The first-order chi connectivity index (χ1) is 8.97. The molecular weight excluding hydrogens is 292 g/mol. The summed E-state index contributed by atoms with van der Waals surface area (Å²) in [4.78, 5) is 14.2. The molecule has 2 N–H and O–H groups in total. The summed E-state index contributed by atoms with van der Waals surface area (Å²) in [6.45, 7) is 0.113. The molecule has 0 amide bonds. The fourth-order valence-corrected chi connectivity index (χ4v) is 3.00. The Bertz CT molecular complexity index is 662. The summed E-state index contributed by atoms with van der Waals surface area (Å²) in [6, 6.07) is 0. The van der Waals surface area contributed by atoms with Crippen LogP contribution in [-0.2, 0) is 21.4 Å². The van der Waals surface area contributed by atoms with E-state index in [2.05, 4.69) is 14.8 Å². The lowest BCUT2D eigenvalue weighted by molar-refractivity contribution is -0.137. The summed E-state index contributed by atoms with van der Waals surface area (Å²) in [6.07, 6.45) is 3.80. The molecular formula is C9H10N4O4S2. The van der Waals surface area contributed by atoms with E-state index in [1.807, 2.05) is 0 Å². The smallest absolute Gasteiger partial charge is 0.305 e. The van der Waals surface area contributed by atoms with Gasteiger partial charge in [-0.2, -0.15) is 5.10 Å². The monoisotopic (exact) mass is 302 g/mol. The molecule has 0 aliphatic heterocycles. The molecule has 2 aromatic heterocycles. The van der Waals surface area contributed by atoms with Gasteiger partial charge < -0.3 is 5.11 Å². The Morgan fingerprint density at radius 2 is 2.32 bits per heavy atom. The lowest BCUT2D eigenvalue weighted by atomic mass is 10.4. The number of thiazole rings is 1. The first kappa shape index (κ1) is 13.5. The van der Waals surface area contributed by atoms with Crippen molar-refractivity contribution in [2.75, 3.05) is 4.72 Å². The lowest BCUT2D eigenvalue weighted by Crippen LogP contribution is -2.12. The maximum Gasteiger partial charge on any atom is 0.305 e. The summed E-state index contributed by atoms with van der Waals surface area (Å²) in [5.74, 6) is -0.971. The highest BCUT2D eigenvalue weighted by atomic mass is 32.2. The minimum atomic E-state index is -3.73. The van der Waals surface area contributed by atoms with Crippen molar-refractivity contribution < 1.29 is 18.3 Å². The highest BCUT2D eigenvalue weighted by molar-refractivity contribution is 7.93. The zero-order valence-electron chi connectivity index (χ0n) is 9.55. The lowest BCUT2D eigenvalue weighted by Gasteiger charge is -2.01. The van der Waals surface area contributed by atoms with Crippen molar-refractivity contribution in [1.29, 1.82) is 0 Å². The first-order valence-corrected chi connectivity index (χ1v) is 7.50. The fourth-order valence-electron chi connectivity index (χ4n) is 1.26. The molecule has 0 aliphatic carbocycles. The van der Waals surface area contributed by atoms with Gasteiger partial charge in [-0.15, -0.1) is 11.3 Å². The minimum absolute atomic E-state index is 0.0342. The molecule has 19 heavy (non-hydrogen) atoms. The van der Waals surface area contributed by atoms with Gasteiger partial charge in [0.05, 0.1) is 19.2 Å². The van der Waals surface area contributed by atoms with Gasteiger partial charge in [0.25, 0.3) is 10.0 Å². The third kappa shape index (κ3) is 3.51. The van der Waals surface area contributed by atoms with E-state index in [9.17, 15) is 13.2 Å². The van der Waals surface area contributed by atoms with Crippen LogP contribution in [0.3, 0.4) is 0 Å². The number of carbonyl (C=O) groups is 1. The zero-order chi connectivity index (χ0) is 13.9. The van der Waals surface area contributed by atoms with E-state index in [-0.39, 0.29) is 23.0 Å². The highest BCUT2D eigenvalue weighted by Crippen LogP contribution is 2.17. The van der Waals surface area contributed by atoms with Crippen LogP contribution >= 0.6 is 11.3 Å². The number of nitrogens with zero attached hydrogens (tertiary/aromatic N) is 3. The van der Waals surface area contributed by atoms with Crippen molar-refractivity contribution in [2.24, 2.45) is 0 Å². The summed E-state index contributed by atoms with van der Waals surface area (Å²) >= 11 is 1.16. The van der Waals surface area contributed by atoms with Gasteiger partial charge >= 0.3 is 5.97 Å². The normalized spacial score (nSPS) is 11.4. The molecule has 0 spiro atoms. The molecule has 0 saturated carbocycles. The van der Waals surface area contributed by atoms with E-state index in [0.29, 0.717) is 0 Å². The van der Waals surface area contributed by atoms with Crippen molar-refractivity contribution in [1.82, 2.24) is 14.8 Å². The van der Waals surface area contributed by atoms with Crippen molar-refractivity contribution in [3.05, 3.63) is 24.0 Å². The van der Waals surface area contributed by atoms with Gasteiger partial charge in [-0.3, -0.25) is 14.2 Å². The van der Waals surface area contributed by atoms with Gasteiger partial charge in [-0.25, -0.2) is 13.4 Å². The van der Waals surface area contributed by atoms with Crippen molar-refractivity contribution in [2.45, 2.75) is 17.9 Å². The van der Waals surface area contributed by atoms with Gasteiger partial charge in [-0.05, 0) is 0 Å². The molecule has 0 aliphatic rings. The number of aryl methyl sites for hydroxylation is 1. The number of anilines is 1. The van der Waals surface area contributed by atoms with Crippen molar-refractivity contribution >= 4 is 32.5 Å². The number of carboxylic acids is 1. The number of aliphatic carboxylic acids is 1. The van der Waals surface area contributed by atoms with E-state index in [1.54, 1.807) is 5.38 Å². The fraction of sp³-hybridized carbons (Fsp3) is 0.222. The van der Waals surface area contributed by atoms with Crippen molar-refractivity contribution in [3.63, 3.8) is 0 Å². The van der Waals surface area contributed by atoms with Crippen molar-refractivity contribution in [3.8, 4) is 0 Å². The van der Waals surface area contributed by atoms with E-state index >= 15 is 0 Å². The van der Waals surface area contributed by atoms with Crippen LogP contribution < -0.4 is 4.72 Å². The van der Waals surface area contributed by atoms with Crippen LogP contribution in [0.15, 0.2) is 28.9 Å². The Morgan fingerprint density at radius 1 is 1.53 bits per heavy atom. The van der Waals surface area contributed by atoms with E-state index in [1.165, 1.54) is 17.1 Å². The first-order valence-electron chi connectivity index (χ1n) is 5.14. The van der Waals surface area contributed by atoms with Gasteiger partial charge in [0.2, 0.25) is 0 Å². The average Bonchev–Trinajstić information content (AvgIpc) is 2.96. The minimum Gasteiger partial charge on any atom is -0.481 e. The number of rotatable bonds is 6. The van der Waals surface area contributed by atoms with Gasteiger partial charge in [0, 0.05) is 17.8 Å². The predicted octanol–water partition coefficient (Wildman–Crippen LogP) is 0.615. The van der Waals surface area contributed by atoms with Gasteiger partial charge in [0.15, 0.2) is 5.13 Å². The van der Waals surface area contributed by atoms with E-state index in [0.717, 1.165) is 17.5 Å². The Hall–Kier alpha value is -1.94. The Morgan fingerprint density at radius 3 is 2.95 bits per heavy atom. The maximum absolute atomic E-state index is 11.9. The van der Waals surface area contributed by atoms with Crippen LogP contribution in [0.4, 0.5) is 5.13 Å². The van der Waals surface area contributed by atoms with Crippen LogP contribution in [0, 0.1) is 0 Å². The second-order valence-electron chi connectivity index (χ2n) is 3.53. The van der Waals surface area contributed by atoms with Crippen LogP contribution in [-0.4, -0.2) is 34.3 Å².